The minimum Gasteiger partial charge on any atom is -0.479 e. The summed E-state index contributed by atoms with van der Waals surface area (Å²) in [7, 11) is 5.42. The molecule has 5 nitrogen and oxygen atoms in total. The van der Waals surface area contributed by atoms with Crippen molar-refractivity contribution < 1.29 is 9.47 Å². The second-order valence-corrected chi connectivity index (χ2v) is 3.76. The van der Waals surface area contributed by atoms with Crippen molar-refractivity contribution in [3.63, 3.8) is 0 Å². The Morgan fingerprint density at radius 1 is 1.50 bits per heavy atom. The van der Waals surface area contributed by atoms with Gasteiger partial charge in [-0.25, -0.2) is 0 Å². The first-order valence-corrected chi connectivity index (χ1v) is 5.05. The van der Waals surface area contributed by atoms with Gasteiger partial charge in [0.1, 0.15) is 6.61 Å². The van der Waals surface area contributed by atoms with E-state index < -0.39 is 0 Å². The molecule has 0 unspecified atom stereocenters. The van der Waals surface area contributed by atoms with Crippen LogP contribution in [0.4, 0.5) is 5.13 Å². The summed E-state index contributed by atoms with van der Waals surface area (Å²) in [6.07, 6.45) is 0. The Kier molecular flexibility index (Phi) is 3.97. The number of aromatic nitrogens is 1. The number of hydrogen-bond donors (Lipinski definition) is 1. The summed E-state index contributed by atoms with van der Waals surface area (Å²) in [6.45, 7) is 0.962. The standard InChI is InChI=1S/C8H15N3O2S/c1-11(2)8-10-6(12-3)7(14-8)13-5-4-9/h4-5,9H2,1-3H3. The lowest BCUT2D eigenvalue weighted by Gasteiger charge is -2.04. The lowest BCUT2D eigenvalue weighted by atomic mass is 10.7. The Bertz CT molecular complexity index is 288. The zero-order valence-electron chi connectivity index (χ0n) is 8.61. The molecule has 1 heterocycles. The van der Waals surface area contributed by atoms with Gasteiger partial charge in [-0.1, -0.05) is 11.3 Å². The molecule has 0 saturated heterocycles. The van der Waals surface area contributed by atoms with Crippen molar-refractivity contribution in [2.75, 3.05) is 39.3 Å². The summed E-state index contributed by atoms with van der Waals surface area (Å²) >= 11 is 1.44. The predicted octanol–water partition coefficient (Wildman–Crippen LogP) is 0.555. The summed E-state index contributed by atoms with van der Waals surface area (Å²) < 4.78 is 10.5. The van der Waals surface area contributed by atoms with Crippen molar-refractivity contribution in [2.45, 2.75) is 0 Å². The molecule has 0 saturated carbocycles. The molecule has 0 bridgehead atoms. The Labute approximate surface area is 87.4 Å². The van der Waals surface area contributed by atoms with Gasteiger partial charge in [0, 0.05) is 20.6 Å². The minimum absolute atomic E-state index is 0.478. The average Bonchev–Trinajstić information content (AvgIpc) is 2.57. The molecule has 0 amide bonds. The summed E-state index contributed by atoms with van der Waals surface area (Å²) in [5.74, 6) is 0.521. The van der Waals surface area contributed by atoms with Gasteiger partial charge in [-0.2, -0.15) is 4.98 Å². The second-order valence-electron chi connectivity index (χ2n) is 2.82. The number of ether oxygens (including phenoxy) is 2. The molecule has 0 aliphatic carbocycles. The van der Waals surface area contributed by atoms with E-state index in [2.05, 4.69) is 4.98 Å². The van der Waals surface area contributed by atoms with Crippen LogP contribution in [-0.2, 0) is 0 Å². The fourth-order valence-corrected chi connectivity index (χ4v) is 1.68. The second kappa shape index (κ2) is 5.02. The lowest BCUT2D eigenvalue weighted by Crippen LogP contribution is -2.10. The van der Waals surface area contributed by atoms with Crippen LogP contribution < -0.4 is 20.1 Å². The number of hydrogen-bond acceptors (Lipinski definition) is 6. The van der Waals surface area contributed by atoms with Crippen LogP contribution in [0.5, 0.6) is 10.9 Å². The van der Waals surface area contributed by atoms with Crippen molar-refractivity contribution in [3.05, 3.63) is 0 Å². The van der Waals surface area contributed by atoms with Crippen molar-refractivity contribution in [3.8, 4) is 10.9 Å². The Morgan fingerprint density at radius 3 is 2.71 bits per heavy atom. The third-order valence-corrected chi connectivity index (χ3v) is 2.60. The third kappa shape index (κ3) is 2.49. The maximum absolute atomic E-state index is 5.39. The van der Waals surface area contributed by atoms with E-state index in [0.29, 0.717) is 24.1 Å². The molecule has 1 aromatic heterocycles. The first-order chi connectivity index (χ1) is 6.69. The van der Waals surface area contributed by atoms with E-state index in [9.17, 15) is 0 Å². The van der Waals surface area contributed by atoms with Gasteiger partial charge in [0.15, 0.2) is 5.13 Å². The fraction of sp³-hybridized carbons (Fsp3) is 0.625. The van der Waals surface area contributed by atoms with Gasteiger partial charge in [-0.05, 0) is 0 Å². The van der Waals surface area contributed by atoms with E-state index in [1.165, 1.54) is 11.3 Å². The van der Waals surface area contributed by atoms with Crippen molar-refractivity contribution in [1.82, 2.24) is 4.98 Å². The fourth-order valence-electron chi connectivity index (χ4n) is 0.845. The van der Waals surface area contributed by atoms with Crippen molar-refractivity contribution in [2.24, 2.45) is 5.73 Å². The summed E-state index contributed by atoms with van der Waals surface area (Å²) in [5, 5.41) is 1.54. The highest BCUT2D eigenvalue weighted by atomic mass is 32.1. The largest absolute Gasteiger partial charge is 0.479 e. The predicted molar refractivity (Wildman–Crippen MR) is 57.5 cm³/mol. The molecule has 0 radical (unpaired) electrons. The smallest absolute Gasteiger partial charge is 0.270 e. The van der Waals surface area contributed by atoms with E-state index in [1.807, 2.05) is 19.0 Å². The van der Waals surface area contributed by atoms with Gasteiger partial charge in [0.2, 0.25) is 5.06 Å². The maximum atomic E-state index is 5.39. The molecular weight excluding hydrogens is 202 g/mol. The van der Waals surface area contributed by atoms with Crippen LogP contribution in [-0.4, -0.2) is 39.3 Å². The number of anilines is 1. The molecule has 0 atom stereocenters. The third-order valence-electron chi connectivity index (χ3n) is 1.48. The molecule has 14 heavy (non-hydrogen) atoms. The zero-order valence-corrected chi connectivity index (χ0v) is 9.43. The normalized spacial score (nSPS) is 10.0. The molecule has 1 aromatic rings. The van der Waals surface area contributed by atoms with E-state index in [-0.39, 0.29) is 0 Å². The molecule has 0 aliphatic heterocycles. The zero-order chi connectivity index (χ0) is 10.6. The molecule has 1 rings (SSSR count). The molecular formula is C8H15N3O2S. The summed E-state index contributed by atoms with van der Waals surface area (Å²) in [4.78, 5) is 6.14. The Morgan fingerprint density at radius 2 is 2.21 bits per heavy atom. The van der Waals surface area contributed by atoms with E-state index in [4.69, 9.17) is 15.2 Å². The van der Waals surface area contributed by atoms with Crippen LogP contribution >= 0.6 is 11.3 Å². The minimum atomic E-state index is 0.478. The molecule has 2 N–H and O–H groups in total. The van der Waals surface area contributed by atoms with Crippen LogP contribution in [0, 0.1) is 0 Å². The summed E-state index contributed by atoms with van der Waals surface area (Å²) in [5.41, 5.74) is 5.34. The highest BCUT2D eigenvalue weighted by molar-refractivity contribution is 7.17. The Hall–Kier alpha value is -1.01. The highest BCUT2D eigenvalue weighted by Gasteiger charge is 2.13. The van der Waals surface area contributed by atoms with Gasteiger partial charge in [0.25, 0.3) is 5.88 Å². The number of nitrogens with two attached hydrogens (primary N) is 1. The molecule has 80 valence electrons. The quantitative estimate of drug-likeness (QED) is 0.780. The van der Waals surface area contributed by atoms with Gasteiger partial charge < -0.3 is 20.1 Å². The summed E-state index contributed by atoms with van der Waals surface area (Å²) in [6, 6.07) is 0. The number of methoxy groups -OCH3 is 1. The van der Waals surface area contributed by atoms with E-state index >= 15 is 0 Å². The highest BCUT2D eigenvalue weighted by Crippen LogP contribution is 2.37. The van der Waals surface area contributed by atoms with Gasteiger partial charge in [0.05, 0.1) is 7.11 Å². The van der Waals surface area contributed by atoms with Gasteiger partial charge >= 0.3 is 0 Å². The molecule has 6 heteroatoms. The van der Waals surface area contributed by atoms with E-state index in [1.54, 1.807) is 7.11 Å². The topological polar surface area (TPSA) is 60.6 Å². The molecule has 0 aromatic carbocycles. The first-order valence-electron chi connectivity index (χ1n) is 4.24. The number of thiazole rings is 1. The number of nitrogens with zero attached hydrogens (tertiary/aromatic N) is 2. The van der Waals surface area contributed by atoms with Crippen LogP contribution in [0.15, 0.2) is 0 Å². The van der Waals surface area contributed by atoms with Gasteiger partial charge in [-0.3, -0.25) is 0 Å². The Balaban J connectivity index is 2.79. The van der Waals surface area contributed by atoms with E-state index in [0.717, 1.165) is 5.13 Å². The molecule has 0 aliphatic rings. The van der Waals surface area contributed by atoms with Crippen LogP contribution in [0.2, 0.25) is 0 Å². The van der Waals surface area contributed by atoms with Crippen LogP contribution in [0.25, 0.3) is 0 Å². The molecule has 0 spiro atoms. The first kappa shape index (κ1) is 11.1. The van der Waals surface area contributed by atoms with Crippen molar-refractivity contribution in [1.29, 1.82) is 0 Å². The average molecular weight is 217 g/mol. The van der Waals surface area contributed by atoms with Crippen LogP contribution in [0.3, 0.4) is 0 Å². The molecule has 0 fully saturated rings. The lowest BCUT2D eigenvalue weighted by molar-refractivity contribution is 0.307. The maximum Gasteiger partial charge on any atom is 0.270 e. The number of rotatable bonds is 5. The van der Waals surface area contributed by atoms with Crippen LogP contribution in [0.1, 0.15) is 0 Å². The monoisotopic (exact) mass is 217 g/mol. The van der Waals surface area contributed by atoms with Gasteiger partial charge in [-0.15, -0.1) is 0 Å². The van der Waals surface area contributed by atoms with Crippen molar-refractivity contribution >= 4 is 16.5 Å². The SMILES string of the molecule is COc1nc(N(C)C)sc1OCCN.